The molecule has 1 saturated heterocycles. The molecule has 1 aliphatic heterocycles. The Morgan fingerprint density at radius 2 is 1.54 bits per heavy atom. The summed E-state index contributed by atoms with van der Waals surface area (Å²) in [5.41, 5.74) is 0.0270. The largest absolute Gasteiger partial charge is 0.350 e. The Balaban J connectivity index is 1.64. The van der Waals surface area contributed by atoms with Gasteiger partial charge >= 0.3 is 11.8 Å². The molecule has 150 valence electrons. The highest BCUT2D eigenvalue weighted by Gasteiger charge is 2.30. The Morgan fingerprint density at radius 3 is 2.14 bits per heavy atom. The summed E-state index contributed by atoms with van der Waals surface area (Å²) in [6.45, 7) is 6.32. The number of hydrogen-bond donors (Lipinski definition) is 2. The van der Waals surface area contributed by atoms with E-state index in [1.807, 2.05) is 0 Å². The van der Waals surface area contributed by atoms with Crippen molar-refractivity contribution in [3.05, 3.63) is 35.5 Å². The molecular formula is C19H22F2N4O3. The van der Waals surface area contributed by atoms with Crippen LogP contribution in [0.15, 0.2) is 18.2 Å². The van der Waals surface area contributed by atoms with Gasteiger partial charge in [-0.05, 0) is 32.9 Å². The van der Waals surface area contributed by atoms with Crippen LogP contribution in [-0.4, -0.2) is 64.2 Å². The standard InChI is InChI=1S/C19H22F2N4O3/c1-19(2,3)23-16(26)18(28)25-6-4-24(5-7-25)17(27)15-9-11-8-12(20)13(21)10-14(11)22-15/h8-10,22H,4-7H2,1-3H3,(H,23,26). The number of fused-ring (bicyclic) bond motifs is 1. The summed E-state index contributed by atoms with van der Waals surface area (Å²) in [7, 11) is 0. The molecule has 0 bridgehead atoms. The first-order valence-electron chi connectivity index (χ1n) is 8.93. The number of nitrogens with one attached hydrogen (secondary N) is 2. The summed E-state index contributed by atoms with van der Waals surface area (Å²) >= 11 is 0. The monoisotopic (exact) mass is 392 g/mol. The van der Waals surface area contributed by atoms with Crippen molar-refractivity contribution < 1.29 is 23.2 Å². The number of carbonyl (C=O) groups excluding carboxylic acids is 3. The van der Waals surface area contributed by atoms with Gasteiger partial charge in [0.1, 0.15) is 5.69 Å². The minimum Gasteiger partial charge on any atom is -0.350 e. The van der Waals surface area contributed by atoms with Gasteiger partial charge < -0.3 is 20.1 Å². The van der Waals surface area contributed by atoms with E-state index in [0.29, 0.717) is 10.9 Å². The van der Waals surface area contributed by atoms with E-state index in [0.717, 1.165) is 12.1 Å². The molecule has 0 radical (unpaired) electrons. The van der Waals surface area contributed by atoms with E-state index >= 15 is 0 Å². The summed E-state index contributed by atoms with van der Waals surface area (Å²) < 4.78 is 26.7. The fourth-order valence-electron chi connectivity index (χ4n) is 3.06. The van der Waals surface area contributed by atoms with Crippen LogP contribution < -0.4 is 5.32 Å². The maximum atomic E-state index is 13.3. The number of hydrogen-bond acceptors (Lipinski definition) is 3. The van der Waals surface area contributed by atoms with Crippen molar-refractivity contribution in [1.29, 1.82) is 0 Å². The van der Waals surface area contributed by atoms with Crippen LogP contribution in [0.3, 0.4) is 0 Å². The third kappa shape index (κ3) is 4.13. The smallest absolute Gasteiger partial charge is 0.312 e. The van der Waals surface area contributed by atoms with Crippen molar-refractivity contribution >= 4 is 28.6 Å². The average Bonchev–Trinajstić information content (AvgIpc) is 3.02. The van der Waals surface area contributed by atoms with Crippen molar-refractivity contribution in [2.24, 2.45) is 0 Å². The number of aromatic amines is 1. The molecule has 0 unspecified atom stereocenters. The third-order valence-electron chi connectivity index (χ3n) is 4.43. The highest BCUT2D eigenvalue weighted by Crippen LogP contribution is 2.20. The quantitative estimate of drug-likeness (QED) is 0.724. The molecule has 3 amide bonds. The molecule has 28 heavy (non-hydrogen) atoms. The minimum absolute atomic E-state index is 0.213. The van der Waals surface area contributed by atoms with E-state index < -0.39 is 29.0 Å². The van der Waals surface area contributed by atoms with Gasteiger partial charge in [-0.15, -0.1) is 0 Å². The normalized spacial score (nSPS) is 15.0. The molecule has 0 aliphatic carbocycles. The number of H-pyrrole nitrogens is 1. The highest BCUT2D eigenvalue weighted by atomic mass is 19.2. The highest BCUT2D eigenvalue weighted by molar-refractivity contribution is 6.35. The lowest BCUT2D eigenvalue weighted by Crippen LogP contribution is -2.55. The van der Waals surface area contributed by atoms with E-state index in [9.17, 15) is 23.2 Å². The first-order valence-corrected chi connectivity index (χ1v) is 8.93. The second kappa shape index (κ2) is 7.21. The molecule has 1 fully saturated rings. The van der Waals surface area contributed by atoms with Crippen LogP contribution in [0.5, 0.6) is 0 Å². The minimum atomic E-state index is -0.992. The fourth-order valence-corrected chi connectivity index (χ4v) is 3.06. The van der Waals surface area contributed by atoms with Gasteiger partial charge in [0.25, 0.3) is 5.91 Å². The topological polar surface area (TPSA) is 85.5 Å². The van der Waals surface area contributed by atoms with Crippen molar-refractivity contribution in [3.63, 3.8) is 0 Å². The van der Waals surface area contributed by atoms with E-state index in [4.69, 9.17) is 0 Å². The van der Waals surface area contributed by atoms with Crippen LogP contribution in [0.25, 0.3) is 10.9 Å². The Kier molecular flexibility index (Phi) is 5.10. The number of carbonyl (C=O) groups is 3. The van der Waals surface area contributed by atoms with Gasteiger partial charge in [0.15, 0.2) is 11.6 Å². The zero-order valence-electron chi connectivity index (χ0n) is 15.9. The molecule has 1 aliphatic rings. The van der Waals surface area contributed by atoms with E-state index in [2.05, 4.69) is 10.3 Å². The molecule has 3 rings (SSSR count). The first kappa shape index (κ1) is 19.8. The van der Waals surface area contributed by atoms with Crippen LogP contribution in [-0.2, 0) is 9.59 Å². The Morgan fingerprint density at radius 1 is 0.964 bits per heavy atom. The maximum Gasteiger partial charge on any atom is 0.312 e. The molecule has 0 saturated carbocycles. The summed E-state index contributed by atoms with van der Waals surface area (Å²) in [5, 5.41) is 3.02. The number of amides is 3. The van der Waals surface area contributed by atoms with Crippen molar-refractivity contribution in [1.82, 2.24) is 20.1 Å². The van der Waals surface area contributed by atoms with E-state index in [-0.39, 0.29) is 37.8 Å². The van der Waals surface area contributed by atoms with Crippen LogP contribution in [0.1, 0.15) is 31.3 Å². The third-order valence-corrected chi connectivity index (χ3v) is 4.43. The lowest BCUT2D eigenvalue weighted by Gasteiger charge is -2.34. The van der Waals surface area contributed by atoms with Gasteiger partial charge in [0.05, 0.1) is 0 Å². The molecule has 2 N–H and O–H groups in total. The summed E-state index contributed by atoms with van der Waals surface area (Å²) in [6, 6.07) is 3.50. The van der Waals surface area contributed by atoms with Crippen LogP contribution in [0.4, 0.5) is 8.78 Å². The van der Waals surface area contributed by atoms with Gasteiger partial charge in [0, 0.05) is 48.7 Å². The Hall–Kier alpha value is -2.97. The van der Waals surface area contributed by atoms with Crippen LogP contribution in [0.2, 0.25) is 0 Å². The van der Waals surface area contributed by atoms with Crippen molar-refractivity contribution in [2.45, 2.75) is 26.3 Å². The molecule has 1 aromatic heterocycles. The van der Waals surface area contributed by atoms with Crippen molar-refractivity contribution in [3.8, 4) is 0 Å². The lowest BCUT2D eigenvalue weighted by atomic mass is 10.1. The molecule has 0 atom stereocenters. The van der Waals surface area contributed by atoms with Gasteiger partial charge in [-0.25, -0.2) is 8.78 Å². The van der Waals surface area contributed by atoms with Gasteiger partial charge in [0.2, 0.25) is 0 Å². The van der Waals surface area contributed by atoms with Crippen LogP contribution in [0, 0.1) is 11.6 Å². The van der Waals surface area contributed by atoms with E-state index in [1.165, 1.54) is 15.9 Å². The molecule has 7 nitrogen and oxygen atoms in total. The number of halogens is 2. The van der Waals surface area contributed by atoms with Crippen molar-refractivity contribution in [2.75, 3.05) is 26.2 Å². The Bertz CT molecular complexity index is 902. The van der Waals surface area contributed by atoms with Gasteiger partial charge in [-0.2, -0.15) is 0 Å². The summed E-state index contributed by atoms with van der Waals surface area (Å²) in [4.78, 5) is 42.6. The number of piperazine rings is 1. The fraction of sp³-hybridized carbons (Fsp3) is 0.421. The van der Waals surface area contributed by atoms with Gasteiger partial charge in [-0.3, -0.25) is 14.4 Å². The molecular weight excluding hydrogens is 370 g/mol. The molecule has 1 aromatic carbocycles. The predicted molar refractivity (Wildman–Crippen MR) is 98.6 cm³/mol. The number of nitrogens with zero attached hydrogens (tertiary/aromatic N) is 2. The molecule has 2 heterocycles. The lowest BCUT2D eigenvalue weighted by molar-refractivity contribution is -0.147. The zero-order valence-corrected chi connectivity index (χ0v) is 15.9. The second-order valence-corrected chi connectivity index (χ2v) is 7.83. The van der Waals surface area contributed by atoms with Gasteiger partial charge in [-0.1, -0.05) is 0 Å². The number of benzene rings is 1. The molecule has 9 heteroatoms. The average molecular weight is 392 g/mol. The predicted octanol–water partition coefficient (Wildman–Crippen LogP) is 1.65. The number of rotatable bonds is 1. The first-order chi connectivity index (χ1) is 13.0. The number of aromatic nitrogens is 1. The maximum absolute atomic E-state index is 13.3. The summed E-state index contributed by atoms with van der Waals surface area (Å²) in [6.07, 6.45) is 0. The SMILES string of the molecule is CC(C)(C)NC(=O)C(=O)N1CCN(C(=O)c2cc3cc(F)c(F)cc3[nH]2)CC1. The molecule has 0 spiro atoms. The van der Waals surface area contributed by atoms with E-state index in [1.54, 1.807) is 20.8 Å². The Labute approximate surface area is 160 Å². The zero-order chi connectivity index (χ0) is 20.6. The summed E-state index contributed by atoms with van der Waals surface area (Å²) in [5.74, 6) is -3.60. The molecule has 2 aromatic rings. The second-order valence-electron chi connectivity index (χ2n) is 7.83. The van der Waals surface area contributed by atoms with Crippen LogP contribution >= 0.6 is 0 Å².